The fourth-order valence-corrected chi connectivity index (χ4v) is 3.50. The predicted octanol–water partition coefficient (Wildman–Crippen LogP) is 4.83. The molecule has 0 aromatic heterocycles. The molecule has 0 bridgehead atoms. The first-order valence-electron chi connectivity index (χ1n) is 8.39. The van der Waals surface area contributed by atoms with Crippen LogP contribution in [-0.2, 0) is 0 Å². The summed E-state index contributed by atoms with van der Waals surface area (Å²) in [4.78, 5) is 2.61. The summed E-state index contributed by atoms with van der Waals surface area (Å²) in [6, 6.07) is 7.32. The van der Waals surface area contributed by atoms with E-state index in [2.05, 4.69) is 17.1 Å². The van der Waals surface area contributed by atoms with Gasteiger partial charge in [0.05, 0.1) is 0 Å². The molecule has 1 aliphatic rings. The molecule has 2 atom stereocenters. The Morgan fingerprint density at radius 1 is 1.22 bits per heavy atom. The Kier molecular flexibility index (Phi) is 11.9. The van der Waals surface area contributed by atoms with Crippen molar-refractivity contribution in [2.24, 2.45) is 5.92 Å². The number of likely N-dealkylation sites (tertiary alicyclic amines) is 1. The number of rotatable bonds is 7. The topological polar surface area (TPSA) is 15.3 Å². The van der Waals surface area contributed by atoms with Crippen molar-refractivity contribution in [3.63, 3.8) is 0 Å². The van der Waals surface area contributed by atoms with E-state index >= 15 is 0 Å². The Hall–Kier alpha value is -0.350. The number of nitrogens with zero attached hydrogens (tertiary/aromatic N) is 1. The van der Waals surface area contributed by atoms with Crippen LogP contribution in [0.25, 0.3) is 0 Å². The van der Waals surface area contributed by atoms with Gasteiger partial charge in [0.15, 0.2) is 0 Å². The second-order valence-electron chi connectivity index (χ2n) is 6.23. The molecule has 1 aliphatic heterocycles. The Morgan fingerprint density at radius 3 is 2.52 bits per heavy atom. The van der Waals surface area contributed by atoms with Crippen molar-refractivity contribution < 1.29 is 4.39 Å². The Balaban J connectivity index is 0.00000242. The third-order valence-corrected chi connectivity index (χ3v) is 4.63. The number of hydrogen-bond acceptors (Lipinski definition) is 2. The molecule has 0 saturated carbocycles. The Morgan fingerprint density at radius 2 is 1.91 bits per heavy atom. The molecule has 0 aliphatic carbocycles. The predicted molar refractivity (Wildman–Crippen MR) is 101 cm³/mol. The van der Waals surface area contributed by atoms with Crippen LogP contribution < -0.4 is 5.32 Å². The van der Waals surface area contributed by atoms with E-state index in [1.807, 2.05) is 19.2 Å². The van der Waals surface area contributed by atoms with Crippen molar-refractivity contribution >= 4 is 24.8 Å². The third kappa shape index (κ3) is 6.96. The van der Waals surface area contributed by atoms with Crippen LogP contribution in [0.2, 0.25) is 0 Å². The van der Waals surface area contributed by atoms with Gasteiger partial charge in [-0.3, -0.25) is 0 Å². The fourth-order valence-electron chi connectivity index (χ4n) is 3.50. The average molecular weight is 365 g/mol. The third-order valence-electron chi connectivity index (χ3n) is 4.63. The number of halogens is 3. The maximum absolute atomic E-state index is 13.1. The van der Waals surface area contributed by atoms with Gasteiger partial charge in [-0.05, 0) is 63.0 Å². The normalized spacial score (nSPS) is 19.5. The first kappa shape index (κ1) is 22.6. The number of unbranched alkanes of at least 4 members (excludes halogenated alkanes) is 2. The Labute approximate surface area is 153 Å². The number of hydrogen-bond donors (Lipinski definition) is 1. The SMILES string of the molecule is CCCCCN1CCCC(C(NC)c2ccc(F)cc2)C1.Cl.Cl. The standard InChI is InChI=1S/C18H29FN2.2ClH/c1-3-4-5-12-21-13-6-7-16(14-21)18(20-2)15-8-10-17(19)11-9-15;;/h8-11,16,18,20H,3-7,12-14H2,1-2H3;2*1H. The van der Waals surface area contributed by atoms with E-state index in [0.717, 1.165) is 6.54 Å². The molecule has 0 radical (unpaired) electrons. The van der Waals surface area contributed by atoms with Crippen LogP contribution in [0.5, 0.6) is 0 Å². The summed E-state index contributed by atoms with van der Waals surface area (Å²) in [6.45, 7) is 5.88. The van der Waals surface area contributed by atoms with E-state index < -0.39 is 0 Å². The van der Waals surface area contributed by atoms with Crippen LogP contribution in [-0.4, -0.2) is 31.6 Å². The minimum Gasteiger partial charge on any atom is -0.313 e. The number of nitrogens with one attached hydrogen (secondary N) is 1. The zero-order chi connectivity index (χ0) is 15.1. The molecule has 1 N–H and O–H groups in total. The van der Waals surface area contributed by atoms with Gasteiger partial charge < -0.3 is 10.2 Å². The molecule has 2 nitrogen and oxygen atoms in total. The summed E-state index contributed by atoms with van der Waals surface area (Å²) >= 11 is 0. The largest absolute Gasteiger partial charge is 0.313 e. The van der Waals surface area contributed by atoms with Crippen molar-refractivity contribution in [3.8, 4) is 0 Å². The summed E-state index contributed by atoms with van der Waals surface area (Å²) in [5.41, 5.74) is 1.21. The zero-order valence-electron chi connectivity index (χ0n) is 14.3. The minimum atomic E-state index is -0.154. The van der Waals surface area contributed by atoms with Crippen molar-refractivity contribution in [2.75, 3.05) is 26.7 Å². The van der Waals surface area contributed by atoms with E-state index in [9.17, 15) is 4.39 Å². The van der Waals surface area contributed by atoms with Gasteiger partial charge in [-0.2, -0.15) is 0 Å². The molecule has 5 heteroatoms. The first-order valence-corrected chi connectivity index (χ1v) is 8.39. The second kappa shape index (κ2) is 12.1. The smallest absolute Gasteiger partial charge is 0.123 e. The summed E-state index contributed by atoms with van der Waals surface area (Å²) in [5, 5.41) is 3.45. The van der Waals surface area contributed by atoms with Gasteiger partial charge in [0, 0.05) is 12.6 Å². The molecular weight excluding hydrogens is 334 g/mol. The van der Waals surface area contributed by atoms with E-state index in [4.69, 9.17) is 0 Å². The molecule has 1 fully saturated rings. The second-order valence-corrected chi connectivity index (χ2v) is 6.23. The van der Waals surface area contributed by atoms with Gasteiger partial charge >= 0.3 is 0 Å². The van der Waals surface area contributed by atoms with E-state index in [1.165, 1.54) is 50.8 Å². The van der Waals surface area contributed by atoms with Crippen LogP contribution in [0.1, 0.15) is 50.6 Å². The van der Waals surface area contributed by atoms with Crippen LogP contribution in [0.3, 0.4) is 0 Å². The first-order chi connectivity index (χ1) is 10.2. The van der Waals surface area contributed by atoms with Crippen LogP contribution >= 0.6 is 24.8 Å². The summed E-state index contributed by atoms with van der Waals surface area (Å²) in [5.74, 6) is 0.467. The molecule has 2 rings (SSSR count). The molecule has 1 heterocycles. The molecule has 0 amide bonds. The molecule has 1 saturated heterocycles. The van der Waals surface area contributed by atoms with Crippen LogP contribution in [0.15, 0.2) is 24.3 Å². The average Bonchev–Trinajstić information content (AvgIpc) is 2.51. The van der Waals surface area contributed by atoms with E-state index in [-0.39, 0.29) is 30.6 Å². The highest BCUT2D eigenvalue weighted by molar-refractivity contribution is 5.85. The lowest BCUT2D eigenvalue weighted by molar-refractivity contribution is 0.147. The maximum atomic E-state index is 13.1. The lowest BCUT2D eigenvalue weighted by atomic mass is 9.86. The lowest BCUT2D eigenvalue weighted by Gasteiger charge is -2.37. The number of benzene rings is 1. The van der Waals surface area contributed by atoms with Crippen molar-refractivity contribution in [1.29, 1.82) is 0 Å². The number of piperidine rings is 1. The van der Waals surface area contributed by atoms with Gasteiger partial charge in [0.25, 0.3) is 0 Å². The molecule has 1 aromatic rings. The summed E-state index contributed by atoms with van der Waals surface area (Å²) in [7, 11) is 2.02. The molecule has 2 unspecified atom stereocenters. The molecule has 0 spiro atoms. The van der Waals surface area contributed by atoms with E-state index in [0.29, 0.717) is 12.0 Å². The molecule has 1 aromatic carbocycles. The van der Waals surface area contributed by atoms with Crippen LogP contribution in [0.4, 0.5) is 4.39 Å². The highest BCUT2D eigenvalue weighted by atomic mass is 35.5. The highest BCUT2D eigenvalue weighted by Gasteiger charge is 2.27. The summed E-state index contributed by atoms with van der Waals surface area (Å²) in [6.07, 6.45) is 6.45. The Bertz CT molecular complexity index is 414. The maximum Gasteiger partial charge on any atom is 0.123 e. The van der Waals surface area contributed by atoms with Crippen molar-refractivity contribution in [3.05, 3.63) is 35.6 Å². The lowest BCUT2D eigenvalue weighted by Crippen LogP contribution is -2.41. The molecule has 23 heavy (non-hydrogen) atoms. The monoisotopic (exact) mass is 364 g/mol. The van der Waals surface area contributed by atoms with Gasteiger partial charge in [-0.15, -0.1) is 24.8 Å². The fraction of sp³-hybridized carbons (Fsp3) is 0.667. The van der Waals surface area contributed by atoms with Crippen molar-refractivity contribution in [2.45, 2.75) is 45.1 Å². The highest BCUT2D eigenvalue weighted by Crippen LogP contribution is 2.29. The van der Waals surface area contributed by atoms with E-state index in [1.54, 1.807) is 12.1 Å². The quantitative estimate of drug-likeness (QED) is 0.696. The zero-order valence-corrected chi connectivity index (χ0v) is 15.9. The van der Waals surface area contributed by atoms with Crippen LogP contribution in [0, 0.1) is 11.7 Å². The van der Waals surface area contributed by atoms with Gasteiger partial charge in [0.1, 0.15) is 5.82 Å². The minimum absolute atomic E-state index is 0. The summed E-state index contributed by atoms with van der Waals surface area (Å²) < 4.78 is 13.1. The van der Waals surface area contributed by atoms with Gasteiger partial charge in [-0.25, -0.2) is 4.39 Å². The molecule has 134 valence electrons. The van der Waals surface area contributed by atoms with Gasteiger partial charge in [0.2, 0.25) is 0 Å². The van der Waals surface area contributed by atoms with Crippen molar-refractivity contribution in [1.82, 2.24) is 10.2 Å². The molecular formula is C18H31Cl2FN2. The van der Waals surface area contributed by atoms with Gasteiger partial charge in [-0.1, -0.05) is 31.9 Å².